The van der Waals surface area contributed by atoms with Crippen molar-refractivity contribution in [3.8, 4) is 5.75 Å². The van der Waals surface area contributed by atoms with Gasteiger partial charge in [0.2, 0.25) is 0 Å². The van der Waals surface area contributed by atoms with Crippen molar-refractivity contribution >= 4 is 28.7 Å². The van der Waals surface area contributed by atoms with Gasteiger partial charge in [0.25, 0.3) is 0 Å². The maximum Gasteiger partial charge on any atom is 0.387 e. The van der Waals surface area contributed by atoms with E-state index in [1.165, 1.54) is 6.07 Å². The monoisotopic (exact) mass is 322 g/mol. The van der Waals surface area contributed by atoms with Gasteiger partial charge >= 0.3 is 6.61 Å². The fourth-order valence-corrected chi connectivity index (χ4v) is 2.14. The zero-order valence-electron chi connectivity index (χ0n) is 12.2. The molecular weight excluding hydrogens is 306 g/mol. The summed E-state index contributed by atoms with van der Waals surface area (Å²) in [6.45, 7) is 0.856. The minimum atomic E-state index is -2.89. The number of hydrogen-bond acceptors (Lipinski definition) is 2. The van der Waals surface area contributed by atoms with Crippen LogP contribution in [-0.4, -0.2) is 11.7 Å². The van der Waals surface area contributed by atoms with Crippen molar-refractivity contribution in [1.82, 2.24) is 0 Å². The van der Waals surface area contributed by atoms with Crippen molar-refractivity contribution in [2.24, 2.45) is 0 Å². The molecule has 0 atom stereocenters. The molecule has 2 aromatic rings. The van der Waals surface area contributed by atoms with Crippen molar-refractivity contribution in [2.75, 3.05) is 10.6 Å². The fraction of sp³-hybridized carbons (Fsp3) is 0.188. The molecule has 116 valence electrons. The molecule has 0 spiro atoms. The van der Waals surface area contributed by atoms with Gasteiger partial charge in [0.1, 0.15) is 5.75 Å². The van der Waals surface area contributed by atoms with Crippen LogP contribution < -0.4 is 15.4 Å². The van der Waals surface area contributed by atoms with Crippen molar-refractivity contribution in [2.45, 2.75) is 20.5 Å². The van der Waals surface area contributed by atoms with Gasteiger partial charge < -0.3 is 15.4 Å². The smallest absolute Gasteiger partial charge is 0.387 e. The van der Waals surface area contributed by atoms with E-state index in [1.807, 2.05) is 31.2 Å². The molecule has 0 aliphatic heterocycles. The summed E-state index contributed by atoms with van der Waals surface area (Å²) in [6, 6.07) is 12.6. The van der Waals surface area contributed by atoms with Gasteiger partial charge in [0.15, 0.2) is 5.11 Å². The first kappa shape index (κ1) is 16.2. The molecule has 0 heterocycles. The quantitative estimate of drug-likeness (QED) is 0.799. The zero-order chi connectivity index (χ0) is 16.1. The molecule has 0 aliphatic rings. The van der Waals surface area contributed by atoms with Crippen LogP contribution in [0.2, 0.25) is 0 Å². The summed E-state index contributed by atoms with van der Waals surface area (Å²) in [7, 11) is 0. The molecule has 0 fully saturated rings. The van der Waals surface area contributed by atoms with E-state index in [1.54, 1.807) is 19.1 Å². The first-order valence-electron chi connectivity index (χ1n) is 6.65. The van der Waals surface area contributed by atoms with Crippen LogP contribution >= 0.6 is 12.2 Å². The number of ether oxygens (including phenoxy) is 1. The molecule has 0 amide bonds. The molecule has 0 aliphatic carbocycles. The molecule has 0 bridgehead atoms. The second kappa shape index (κ2) is 7.17. The standard InChI is InChI=1S/C16H16F2N2OS/c1-10-7-8-13(14(9-10)21-15(17)18)20-16(22)19-12-6-4-3-5-11(12)2/h3-9,15H,1-2H3,(H2,19,20,22). The highest BCUT2D eigenvalue weighted by Gasteiger charge is 2.11. The molecule has 0 saturated heterocycles. The Labute approximate surface area is 133 Å². The molecule has 3 nitrogen and oxygen atoms in total. The molecule has 2 aromatic carbocycles. The van der Waals surface area contributed by atoms with Gasteiger partial charge in [-0.2, -0.15) is 8.78 Å². The lowest BCUT2D eigenvalue weighted by Gasteiger charge is -2.16. The minimum Gasteiger partial charge on any atom is -0.433 e. The molecular formula is C16H16F2N2OS. The van der Waals surface area contributed by atoms with Crippen LogP contribution in [0.3, 0.4) is 0 Å². The maximum atomic E-state index is 12.5. The van der Waals surface area contributed by atoms with E-state index in [0.29, 0.717) is 10.8 Å². The lowest BCUT2D eigenvalue weighted by atomic mass is 10.2. The minimum absolute atomic E-state index is 0.0592. The van der Waals surface area contributed by atoms with Gasteiger partial charge in [-0.1, -0.05) is 24.3 Å². The van der Waals surface area contributed by atoms with E-state index in [-0.39, 0.29) is 5.75 Å². The summed E-state index contributed by atoms with van der Waals surface area (Å²) in [5, 5.41) is 6.21. The molecule has 0 unspecified atom stereocenters. The molecule has 0 radical (unpaired) electrons. The Hall–Kier alpha value is -2.21. The lowest BCUT2D eigenvalue weighted by Crippen LogP contribution is -2.20. The highest BCUT2D eigenvalue weighted by Crippen LogP contribution is 2.27. The summed E-state index contributed by atoms with van der Waals surface area (Å²) in [6.07, 6.45) is 0. The molecule has 2 N–H and O–H groups in total. The van der Waals surface area contributed by atoms with Crippen molar-refractivity contribution in [3.05, 3.63) is 53.6 Å². The number of halogens is 2. The molecule has 2 rings (SSSR count). The number of alkyl halides is 2. The van der Waals surface area contributed by atoms with Crippen LogP contribution in [0.15, 0.2) is 42.5 Å². The second-order valence-corrected chi connectivity index (χ2v) is 5.18. The predicted molar refractivity (Wildman–Crippen MR) is 88.8 cm³/mol. The Morgan fingerprint density at radius 1 is 1.05 bits per heavy atom. The van der Waals surface area contributed by atoms with E-state index in [4.69, 9.17) is 12.2 Å². The van der Waals surface area contributed by atoms with Gasteiger partial charge in [-0.05, 0) is 55.4 Å². The second-order valence-electron chi connectivity index (χ2n) is 4.77. The van der Waals surface area contributed by atoms with Crippen LogP contribution in [0.1, 0.15) is 11.1 Å². The number of nitrogens with one attached hydrogen (secondary N) is 2. The Balaban J connectivity index is 2.13. The van der Waals surface area contributed by atoms with E-state index in [2.05, 4.69) is 15.4 Å². The first-order valence-corrected chi connectivity index (χ1v) is 7.05. The Bertz CT molecular complexity index is 677. The number of aryl methyl sites for hydroxylation is 2. The number of rotatable bonds is 4. The van der Waals surface area contributed by atoms with Gasteiger partial charge in [0.05, 0.1) is 5.69 Å². The number of para-hydroxylation sites is 1. The first-order chi connectivity index (χ1) is 10.5. The topological polar surface area (TPSA) is 33.3 Å². The normalized spacial score (nSPS) is 10.4. The van der Waals surface area contributed by atoms with Crippen LogP contribution in [-0.2, 0) is 0 Å². The third-order valence-electron chi connectivity index (χ3n) is 2.99. The van der Waals surface area contributed by atoms with Crippen LogP contribution in [0.25, 0.3) is 0 Å². The molecule has 22 heavy (non-hydrogen) atoms. The van der Waals surface area contributed by atoms with E-state index in [0.717, 1.165) is 16.8 Å². The van der Waals surface area contributed by atoms with Crippen molar-refractivity contribution in [3.63, 3.8) is 0 Å². The maximum absolute atomic E-state index is 12.5. The average molecular weight is 322 g/mol. The van der Waals surface area contributed by atoms with Crippen LogP contribution in [0.4, 0.5) is 20.2 Å². The molecule has 6 heteroatoms. The number of benzene rings is 2. The molecule has 0 aromatic heterocycles. The number of anilines is 2. The van der Waals surface area contributed by atoms with E-state index in [9.17, 15) is 8.78 Å². The highest BCUT2D eigenvalue weighted by atomic mass is 32.1. The average Bonchev–Trinajstić information content (AvgIpc) is 2.44. The van der Waals surface area contributed by atoms with Gasteiger partial charge in [-0.15, -0.1) is 0 Å². The van der Waals surface area contributed by atoms with Gasteiger partial charge in [-0.3, -0.25) is 0 Å². The summed E-state index contributed by atoms with van der Waals surface area (Å²) < 4.78 is 29.5. The largest absolute Gasteiger partial charge is 0.433 e. The van der Waals surface area contributed by atoms with Crippen molar-refractivity contribution in [1.29, 1.82) is 0 Å². The van der Waals surface area contributed by atoms with Gasteiger partial charge in [-0.25, -0.2) is 0 Å². The Morgan fingerprint density at radius 3 is 2.41 bits per heavy atom. The summed E-state index contributed by atoms with van der Waals surface area (Å²) in [4.78, 5) is 0. The van der Waals surface area contributed by atoms with Crippen molar-refractivity contribution < 1.29 is 13.5 Å². The fourth-order valence-electron chi connectivity index (χ4n) is 1.92. The number of hydrogen-bond donors (Lipinski definition) is 2. The third-order valence-corrected chi connectivity index (χ3v) is 3.20. The SMILES string of the molecule is Cc1ccc(NC(=S)Nc2ccccc2C)c(OC(F)F)c1. The summed E-state index contributed by atoms with van der Waals surface area (Å²) in [5.41, 5.74) is 3.08. The summed E-state index contributed by atoms with van der Waals surface area (Å²) in [5.74, 6) is 0.0592. The summed E-state index contributed by atoms with van der Waals surface area (Å²) >= 11 is 5.22. The Kier molecular flexibility index (Phi) is 5.27. The van der Waals surface area contributed by atoms with E-state index < -0.39 is 6.61 Å². The number of thiocarbonyl (C=S) groups is 1. The van der Waals surface area contributed by atoms with Crippen LogP contribution in [0, 0.1) is 13.8 Å². The van der Waals surface area contributed by atoms with Crippen LogP contribution in [0.5, 0.6) is 5.75 Å². The third kappa shape index (κ3) is 4.39. The lowest BCUT2D eigenvalue weighted by molar-refractivity contribution is -0.0493. The van der Waals surface area contributed by atoms with Gasteiger partial charge in [0, 0.05) is 5.69 Å². The van der Waals surface area contributed by atoms with E-state index >= 15 is 0 Å². The highest BCUT2D eigenvalue weighted by molar-refractivity contribution is 7.80. The zero-order valence-corrected chi connectivity index (χ0v) is 13.0. The molecule has 0 saturated carbocycles. The Morgan fingerprint density at radius 2 is 1.73 bits per heavy atom. The predicted octanol–water partition coefficient (Wildman–Crippen LogP) is 4.71.